The molecule has 0 saturated carbocycles. The summed E-state index contributed by atoms with van der Waals surface area (Å²) >= 11 is 9.76. The molecule has 0 spiro atoms. The fourth-order valence-electron chi connectivity index (χ4n) is 3.34. The Kier molecular flexibility index (Phi) is 8.28. The molecule has 0 atom stereocenters. The Morgan fingerprint density at radius 2 is 1.74 bits per heavy atom. The van der Waals surface area contributed by atoms with Gasteiger partial charge < -0.3 is 9.47 Å². The van der Waals surface area contributed by atoms with Crippen molar-refractivity contribution in [3.8, 4) is 11.5 Å². The first-order chi connectivity index (χ1) is 16.1. The largest absolute Gasteiger partial charge is 0.495 e. The summed E-state index contributed by atoms with van der Waals surface area (Å²) in [6, 6.07) is 15.9. The Morgan fingerprint density at radius 1 is 1.06 bits per heavy atom. The van der Waals surface area contributed by atoms with Crippen molar-refractivity contribution >= 4 is 49.1 Å². The molecule has 0 heterocycles. The number of hydrogen-bond donors (Lipinski definition) is 0. The van der Waals surface area contributed by atoms with Gasteiger partial charge in [0.15, 0.2) is 6.61 Å². The van der Waals surface area contributed by atoms with Crippen LogP contribution in [-0.2, 0) is 14.8 Å². The molecule has 3 aromatic carbocycles. The number of sulfonamides is 1. The van der Waals surface area contributed by atoms with Gasteiger partial charge in [-0.05, 0) is 66.4 Å². The fourth-order valence-corrected chi connectivity index (χ4v) is 5.38. The topological polar surface area (TPSA) is 72.9 Å². The number of aryl methyl sites for hydroxylation is 1. The molecular formula is C25H25BrClNO5S. The summed E-state index contributed by atoms with van der Waals surface area (Å²) in [4.78, 5) is 13.3. The number of nitrogens with zero attached hydrogens (tertiary/aromatic N) is 1. The molecule has 0 radical (unpaired) electrons. The summed E-state index contributed by atoms with van der Waals surface area (Å²) in [6.07, 6.45) is 0. The molecule has 3 aromatic rings. The van der Waals surface area contributed by atoms with E-state index in [9.17, 15) is 13.2 Å². The molecule has 0 aromatic heterocycles. The highest BCUT2D eigenvalue weighted by Gasteiger charge is 2.32. The number of benzene rings is 3. The summed E-state index contributed by atoms with van der Waals surface area (Å²) < 4.78 is 39.7. The van der Waals surface area contributed by atoms with Crippen molar-refractivity contribution in [1.29, 1.82) is 0 Å². The number of carbonyl (C=O) groups is 1. The van der Waals surface area contributed by atoms with Gasteiger partial charge in [0.1, 0.15) is 11.5 Å². The fraction of sp³-hybridized carbons (Fsp3) is 0.240. The Hall–Kier alpha value is -2.55. The Morgan fingerprint density at radius 3 is 2.32 bits per heavy atom. The Bertz CT molecular complexity index is 1300. The van der Waals surface area contributed by atoms with Gasteiger partial charge in [0.2, 0.25) is 0 Å². The minimum atomic E-state index is -4.24. The van der Waals surface area contributed by atoms with E-state index in [1.54, 1.807) is 18.2 Å². The first-order valence-electron chi connectivity index (χ1n) is 10.5. The van der Waals surface area contributed by atoms with E-state index >= 15 is 0 Å². The quantitative estimate of drug-likeness (QED) is 0.318. The van der Waals surface area contributed by atoms with Gasteiger partial charge >= 0.3 is 0 Å². The second-order valence-electron chi connectivity index (χ2n) is 7.88. The predicted octanol–water partition coefficient (Wildman–Crippen LogP) is 6.34. The summed E-state index contributed by atoms with van der Waals surface area (Å²) in [5.74, 6) is 0.249. The molecule has 0 aliphatic heterocycles. The number of amides is 1. The lowest BCUT2D eigenvalue weighted by Crippen LogP contribution is -2.40. The highest BCUT2D eigenvalue weighted by Crippen LogP contribution is 2.34. The number of anilines is 1. The summed E-state index contributed by atoms with van der Waals surface area (Å²) in [5.41, 5.74) is 1.91. The third kappa shape index (κ3) is 5.56. The van der Waals surface area contributed by atoms with Crippen molar-refractivity contribution in [1.82, 2.24) is 0 Å². The number of rotatable bonds is 8. The number of methoxy groups -OCH3 is 1. The van der Waals surface area contributed by atoms with E-state index < -0.39 is 22.5 Å². The van der Waals surface area contributed by atoms with Crippen LogP contribution in [0.2, 0.25) is 5.02 Å². The van der Waals surface area contributed by atoms with Crippen LogP contribution in [0.15, 0.2) is 70.0 Å². The Labute approximate surface area is 213 Å². The van der Waals surface area contributed by atoms with Crippen molar-refractivity contribution in [2.45, 2.75) is 31.6 Å². The van der Waals surface area contributed by atoms with E-state index in [1.807, 2.05) is 32.9 Å². The first-order valence-corrected chi connectivity index (χ1v) is 13.1. The van der Waals surface area contributed by atoms with Crippen molar-refractivity contribution < 1.29 is 22.7 Å². The van der Waals surface area contributed by atoms with Crippen LogP contribution in [0.5, 0.6) is 11.5 Å². The molecule has 0 saturated heterocycles. The number of ether oxygens (including phenoxy) is 2. The maximum absolute atomic E-state index is 13.5. The standard InChI is InChI=1S/C25H25BrClNO5S/c1-16(2)20-14-21(26)17(3)12-24(20)33-15-25(29)28(18-10-11-23(32-4)22(27)13-18)34(30,31)19-8-6-5-7-9-19/h5-14,16H,15H2,1-4H3. The maximum atomic E-state index is 13.5. The molecule has 34 heavy (non-hydrogen) atoms. The average Bonchev–Trinajstić information content (AvgIpc) is 2.80. The third-order valence-corrected chi connectivity index (χ3v) is 8.05. The van der Waals surface area contributed by atoms with Crippen LogP contribution < -0.4 is 13.8 Å². The van der Waals surface area contributed by atoms with E-state index in [4.69, 9.17) is 21.1 Å². The molecule has 0 unspecified atom stereocenters. The molecular weight excluding hydrogens is 542 g/mol. The molecule has 0 fully saturated rings. The van der Waals surface area contributed by atoms with Crippen molar-refractivity contribution in [2.75, 3.05) is 18.0 Å². The molecule has 6 nitrogen and oxygen atoms in total. The molecule has 0 aliphatic carbocycles. The second-order valence-corrected chi connectivity index (χ2v) is 10.9. The van der Waals surface area contributed by atoms with Gasteiger partial charge in [0, 0.05) is 4.47 Å². The number of halogens is 2. The van der Waals surface area contributed by atoms with Gasteiger partial charge in [-0.3, -0.25) is 4.79 Å². The van der Waals surface area contributed by atoms with Crippen LogP contribution in [0.25, 0.3) is 0 Å². The smallest absolute Gasteiger partial charge is 0.278 e. The zero-order chi connectivity index (χ0) is 25.0. The van der Waals surface area contributed by atoms with E-state index in [0.717, 1.165) is 15.6 Å². The van der Waals surface area contributed by atoms with Gasteiger partial charge in [-0.1, -0.05) is 59.6 Å². The van der Waals surface area contributed by atoms with Crippen LogP contribution in [0.1, 0.15) is 30.9 Å². The van der Waals surface area contributed by atoms with Crippen molar-refractivity contribution in [3.05, 3.63) is 81.3 Å². The van der Waals surface area contributed by atoms with Crippen LogP contribution in [0.4, 0.5) is 5.69 Å². The van der Waals surface area contributed by atoms with Gasteiger partial charge in [0.25, 0.3) is 15.9 Å². The van der Waals surface area contributed by atoms with Crippen LogP contribution >= 0.6 is 27.5 Å². The second kappa shape index (κ2) is 10.8. The van der Waals surface area contributed by atoms with E-state index in [1.165, 1.54) is 37.4 Å². The lowest BCUT2D eigenvalue weighted by atomic mass is 10.0. The molecule has 180 valence electrons. The predicted molar refractivity (Wildman–Crippen MR) is 138 cm³/mol. The highest BCUT2D eigenvalue weighted by atomic mass is 79.9. The zero-order valence-electron chi connectivity index (χ0n) is 19.2. The average molecular weight is 567 g/mol. The summed E-state index contributed by atoms with van der Waals surface area (Å²) in [6.45, 7) is 5.44. The molecule has 3 rings (SSSR count). The monoisotopic (exact) mass is 565 g/mol. The van der Waals surface area contributed by atoms with Gasteiger partial charge in [-0.15, -0.1) is 0 Å². The minimum absolute atomic E-state index is 0.0300. The third-order valence-electron chi connectivity index (χ3n) is 5.14. The van der Waals surface area contributed by atoms with Crippen LogP contribution in [-0.4, -0.2) is 28.0 Å². The highest BCUT2D eigenvalue weighted by molar-refractivity contribution is 9.10. The molecule has 1 amide bonds. The van der Waals surface area contributed by atoms with E-state index in [0.29, 0.717) is 15.8 Å². The maximum Gasteiger partial charge on any atom is 0.278 e. The SMILES string of the molecule is COc1ccc(N(C(=O)COc2cc(C)c(Br)cc2C(C)C)S(=O)(=O)c2ccccc2)cc1Cl. The molecule has 9 heteroatoms. The lowest BCUT2D eigenvalue weighted by molar-refractivity contribution is -0.119. The Balaban J connectivity index is 2.02. The molecule has 0 N–H and O–H groups in total. The van der Waals surface area contributed by atoms with Gasteiger partial charge in [0.05, 0.1) is 22.7 Å². The minimum Gasteiger partial charge on any atom is -0.495 e. The number of carbonyl (C=O) groups excluding carboxylic acids is 1. The first kappa shape index (κ1) is 26.1. The van der Waals surface area contributed by atoms with Gasteiger partial charge in [-0.25, -0.2) is 8.42 Å². The van der Waals surface area contributed by atoms with Gasteiger partial charge in [-0.2, -0.15) is 4.31 Å². The summed E-state index contributed by atoms with van der Waals surface area (Å²) in [7, 11) is -2.79. The molecule has 0 aliphatic rings. The zero-order valence-corrected chi connectivity index (χ0v) is 22.4. The van der Waals surface area contributed by atoms with Crippen LogP contribution in [0, 0.1) is 6.92 Å². The summed E-state index contributed by atoms with van der Waals surface area (Å²) in [5, 5.41) is 0.174. The lowest BCUT2D eigenvalue weighted by Gasteiger charge is -2.24. The van der Waals surface area contributed by atoms with E-state index in [-0.39, 0.29) is 21.5 Å². The van der Waals surface area contributed by atoms with Crippen molar-refractivity contribution in [3.63, 3.8) is 0 Å². The molecule has 0 bridgehead atoms. The normalized spacial score (nSPS) is 11.4. The number of hydrogen-bond acceptors (Lipinski definition) is 5. The van der Waals surface area contributed by atoms with E-state index in [2.05, 4.69) is 15.9 Å². The van der Waals surface area contributed by atoms with Crippen LogP contribution in [0.3, 0.4) is 0 Å². The van der Waals surface area contributed by atoms with Crippen molar-refractivity contribution in [2.24, 2.45) is 0 Å².